The molecule has 1 aromatic heterocycles. The Labute approximate surface area is 158 Å². The molecule has 1 unspecified atom stereocenters. The fraction of sp³-hybridized carbons (Fsp3) is 0.167. The number of nitrogens with one attached hydrogen (secondary N) is 1. The third-order valence-electron chi connectivity index (χ3n) is 4.01. The van der Waals surface area contributed by atoms with E-state index < -0.39 is 4.92 Å². The van der Waals surface area contributed by atoms with Crippen molar-refractivity contribution in [1.29, 1.82) is 0 Å². The molecule has 0 amide bonds. The maximum Gasteiger partial charge on any atom is 0.270 e. The van der Waals surface area contributed by atoms with Crippen LogP contribution in [0.15, 0.2) is 59.3 Å². The number of imidazole rings is 1. The average Bonchev–Trinajstić information content (AvgIpc) is 3.06. The van der Waals surface area contributed by atoms with Crippen molar-refractivity contribution in [3.63, 3.8) is 0 Å². The van der Waals surface area contributed by atoms with Crippen molar-refractivity contribution in [1.82, 2.24) is 9.55 Å². The van der Waals surface area contributed by atoms with Crippen LogP contribution in [0, 0.1) is 10.1 Å². The zero-order valence-electron chi connectivity index (χ0n) is 14.2. The van der Waals surface area contributed by atoms with E-state index in [1.54, 1.807) is 19.4 Å². The maximum absolute atomic E-state index is 10.9. The molecule has 7 nitrogen and oxygen atoms in total. The molecule has 1 heterocycles. The Hall–Kier alpha value is -2.87. The lowest BCUT2D eigenvalue weighted by atomic mass is 10.0. The standard InChI is InChI=1S/C18H17BrN4O3/c1-22-9-8-20-18(22)17(12-4-3-5-14(10-12)26-2)21-16-7-6-13(23(24)25)11-15(16)19/h3-11,17,21H,1-2H3. The number of aryl methyl sites for hydroxylation is 1. The van der Waals surface area contributed by atoms with Gasteiger partial charge in [0, 0.05) is 41.7 Å². The molecule has 8 heteroatoms. The van der Waals surface area contributed by atoms with Gasteiger partial charge in [0.05, 0.1) is 12.0 Å². The Morgan fingerprint density at radius 2 is 2.12 bits per heavy atom. The molecular formula is C18H17BrN4O3. The fourth-order valence-corrected chi connectivity index (χ4v) is 3.14. The lowest BCUT2D eigenvalue weighted by molar-refractivity contribution is -0.384. The lowest BCUT2D eigenvalue weighted by Crippen LogP contribution is -2.17. The van der Waals surface area contributed by atoms with E-state index in [0.29, 0.717) is 4.47 Å². The van der Waals surface area contributed by atoms with Gasteiger partial charge in [-0.05, 0) is 39.7 Å². The van der Waals surface area contributed by atoms with Gasteiger partial charge in [-0.15, -0.1) is 0 Å². The summed E-state index contributed by atoms with van der Waals surface area (Å²) in [4.78, 5) is 15.0. The van der Waals surface area contributed by atoms with Crippen LogP contribution in [0.4, 0.5) is 11.4 Å². The van der Waals surface area contributed by atoms with Gasteiger partial charge in [0.25, 0.3) is 5.69 Å². The summed E-state index contributed by atoms with van der Waals surface area (Å²) in [6.07, 6.45) is 3.60. The zero-order valence-corrected chi connectivity index (χ0v) is 15.8. The molecule has 0 aliphatic heterocycles. The van der Waals surface area contributed by atoms with Crippen LogP contribution in [0.5, 0.6) is 5.75 Å². The SMILES string of the molecule is COc1cccc(C(Nc2ccc([N+](=O)[O-])cc2Br)c2nccn2C)c1. The number of aromatic nitrogens is 2. The van der Waals surface area contributed by atoms with Crippen LogP contribution in [-0.2, 0) is 7.05 Å². The molecule has 0 aliphatic rings. The number of anilines is 1. The number of rotatable bonds is 6. The number of benzene rings is 2. The molecule has 0 radical (unpaired) electrons. The maximum atomic E-state index is 10.9. The van der Waals surface area contributed by atoms with Gasteiger partial charge in [-0.2, -0.15) is 0 Å². The highest BCUT2D eigenvalue weighted by atomic mass is 79.9. The van der Waals surface area contributed by atoms with Crippen molar-refractivity contribution in [2.75, 3.05) is 12.4 Å². The van der Waals surface area contributed by atoms with Gasteiger partial charge >= 0.3 is 0 Å². The second kappa shape index (κ2) is 7.57. The van der Waals surface area contributed by atoms with Crippen molar-refractivity contribution < 1.29 is 9.66 Å². The van der Waals surface area contributed by atoms with Gasteiger partial charge in [0.1, 0.15) is 17.6 Å². The van der Waals surface area contributed by atoms with Crippen LogP contribution < -0.4 is 10.1 Å². The van der Waals surface area contributed by atoms with Gasteiger partial charge in [0.15, 0.2) is 0 Å². The topological polar surface area (TPSA) is 82.2 Å². The first kappa shape index (κ1) is 17.9. The summed E-state index contributed by atoms with van der Waals surface area (Å²) < 4.78 is 7.86. The van der Waals surface area contributed by atoms with E-state index in [2.05, 4.69) is 26.2 Å². The van der Waals surface area contributed by atoms with Crippen molar-refractivity contribution in [2.24, 2.45) is 7.05 Å². The van der Waals surface area contributed by atoms with Crippen molar-refractivity contribution in [3.05, 3.63) is 80.8 Å². The van der Waals surface area contributed by atoms with Gasteiger partial charge in [0.2, 0.25) is 0 Å². The number of ether oxygens (including phenoxy) is 1. The molecule has 1 N–H and O–H groups in total. The third-order valence-corrected chi connectivity index (χ3v) is 4.66. The summed E-state index contributed by atoms with van der Waals surface area (Å²) in [7, 11) is 3.54. The molecule has 1 atom stereocenters. The summed E-state index contributed by atoms with van der Waals surface area (Å²) in [6.45, 7) is 0. The Balaban J connectivity index is 2.02. The molecule has 0 saturated carbocycles. The highest BCUT2D eigenvalue weighted by Crippen LogP contribution is 2.33. The minimum absolute atomic E-state index is 0.0253. The number of hydrogen-bond acceptors (Lipinski definition) is 5. The van der Waals surface area contributed by atoms with Crippen molar-refractivity contribution in [3.8, 4) is 5.75 Å². The monoisotopic (exact) mass is 416 g/mol. The quantitative estimate of drug-likeness (QED) is 0.478. The first-order valence-electron chi connectivity index (χ1n) is 7.81. The molecule has 0 aliphatic carbocycles. The first-order chi connectivity index (χ1) is 12.5. The summed E-state index contributed by atoms with van der Waals surface area (Å²) in [5.74, 6) is 1.55. The summed E-state index contributed by atoms with van der Waals surface area (Å²) in [5.41, 5.74) is 1.72. The van der Waals surface area contributed by atoms with Crippen molar-refractivity contribution >= 4 is 27.3 Å². The number of nitrogens with zero attached hydrogens (tertiary/aromatic N) is 3. The molecule has 3 rings (SSSR count). The number of nitro benzene ring substituents is 1. The Morgan fingerprint density at radius 1 is 1.31 bits per heavy atom. The molecule has 26 heavy (non-hydrogen) atoms. The van der Waals surface area contributed by atoms with Crippen LogP contribution in [-0.4, -0.2) is 21.6 Å². The van der Waals surface area contributed by atoms with E-state index in [-0.39, 0.29) is 11.7 Å². The molecule has 134 valence electrons. The number of hydrogen-bond donors (Lipinski definition) is 1. The van der Waals surface area contributed by atoms with Crippen LogP contribution in [0.3, 0.4) is 0 Å². The predicted octanol–water partition coefficient (Wildman–Crippen LogP) is 4.30. The molecule has 0 saturated heterocycles. The third kappa shape index (κ3) is 3.70. The van der Waals surface area contributed by atoms with Gasteiger partial charge in [-0.3, -0.25) is 10.1 Å². The highest BCUT2D eigenvalue weighted by molar-refractivity contribution is 9.10. The van der Waals surface area contributed by atoms with E-state index in [9.17, 15) is 10.1 Å². The first-order valence-corrected chi connectivity index (χ1v) is 8.60. The van der Waals surface area contributed by atoms with Crippen LogP contribution >= 0.6 is 15.9 Å². The van der Waals surface area contributed by atoms with E-state index in [1.165, 1.54) is 12.1 Å². The Kier molecular flexibility index (Phi) is 5.22. The molecular weight excluding hydrogens is 400 g/mol. The lowest BCUT2D eigenvalue weighted by Gasteiger charge is -2.21. The summed E-state index contributed by atoms with van der Waals surface area (Å²) >= 11 is 3.41. The van der Waals surface area contributed by atoms with Gasteiger partial charge in [-0.1, -0.05) is 12.1 Å². The fourth-order valence-electron chi connectivity index (χ4n) is 2.66. The highest BCUT2D eigenvalue weighted by Gasteiger charge is 2.20. The largest absolute Gasteiger partial charge is 0.497 e. The summed E-state index contributed by atoms with van der Waals surface area (Å²) in [5, 5.41) is 14.4. The van der Waals surface area contributed by atoms with Crippen LogP contribution in [0.25, 0.3) is 0 Å². The molecule has 0 spiro atoms. The van der Waals surface area contributed by atoms with E-state index in [0.717, 1.165) is 22.8 Å². The second-order valence-electron chi connectivity index (χ2n) is 5.67. The van der Waals surface area contributed by atoms with Crippen molar-refractivity contribution in [2.45, 2.75) is 6.04 Å². The zero-order chi connectivity index (χ0) is 18.7. The van der Waals surface area contributed by atoms with Gasteiger partial charge in [-0.25, -0.2) is 4.98 Å². The van der Waals surface area contributed by atoms with E-state index in [4.69, 9.17) is 4.74 Å². The molecule has 3 aromatic rings. The van der Waals surface area contributed by atoms with Gasteiger partial charge < -0.3 is 14.6 Å². The van der Waals surface area contributed by atoms with E-state index in [1.807, 2.05) is 42.1 Å². The number of nitro groups is 1. The second-order valence-corrected chi connectivity index (χ2v) is 6.53. The van der Waals surface area contributed by atoms with E-state index >= 15 is 0 Å². The smallest absolute Gasteiger partial charge is 0.270 e. The Morgan fingerprint density at radius 3 is 2.73 bits per heavy atom. The minimum Gasteiger partial charge on any atom is -0.497 e. The normalized spacial score (nSPS) is 11.8. The average molecular weight is 417 g/mol. The van der Waals surface area contributed by atoms with Crippen LogP contribution in [0.2, 0.25) is 0 Å². The molecule has 0 bridgehead atoms. The predicted molar refractivity (Wildman–Crippen MR) is 102 cm³/mol. The number of non-ortho nitro benzene ring substituents is 1. The molecule has 0 fully saturated rings. The van der Waals surface area contributed by atoms with Crippen LogP contribution in [0.1, 0.15) is 17.4 Å². The Bertz CT molecular complexity index is 942. The number of halogens is 1. The number of methoxy groups -OCH3 is 1. The minimum atomic E-state index is -0.424. The summed E-state index contributed by atoms with van der Waals surface area (Å²) in [6, 6.07) is 12.1. The molecule has 2 aromatic carbocycles.